The van der Waals surface area contributed by atoms with Crippen molar-refractivity contribution in [1.82, 2.24) is 4.98 Å². The molecule has 0 saturated heterocycles. The number of hydrogen-bond donors (Lipinski definition) is 1. The second kappa shape index (κ2) is 9.14. The zero-order chi connectivity index (χ0) is 19.1. The minimum absolute atomic E-state index is 0.00334. The number of hydrazone groups is 1. The molecular formula is C17H19BrN4O4. The minimum Gasteiger partial charge on any atom is -0.490 e. The highest BCUT2D eigenvalue weighted by molar-refractivity contribution is 9.10. The van der Waals surface area contributed by atoms with E-state index >= 15 is 0 Å². The van der Waals surface area contributed by atoms with Gasteiger partial charge >= 0.3 is 5.69 Å². The molecule has 0 spiro atoms. The van der Waals surface area contributed by atoms with Gasteiger partial charge in [-0.3, -0.25) is 15.5 Å². The van der Waals surface area contributed by atoms with Crippen LogP contribution in [0.4, 0.5) is 11.5 Å². The predicted octanol–water partition coefficient (Wildman–Crippen LogP) is 4.38. The lowest BCUT2D eigenvalue weighted by molar-refractivity contribution is -0.384. The van der Waals surface area contributed by atoms with E-state index in [1.54, 1.807) is 6.07 Å². The van der Waals surface area contributed by atoms with Crippen molar-refractivity contribution in [3.63, 3.8) is 0 Å². The van der Waals surface area contributed by atoms with Gasteiger partial charge in [-0.1, -0.05) is 0 Å². The number of benzene rings is 1. The maximum atomic E-state index is 11.0. The molecule has 0 aliphatic heterocycles. The summed E-state index contributed by atoms with van der Waals surface area (Å²) in [7, 11) is 0. The molecule has 1 aromatic heterocycles. The Morgan fingerprint density at radius 2 is 2.23 bits per heavy atom. The van der Waals surface area contributed by atoms with Crippen LogP contribution in [0.5, 0.6) is 11.5 Å². The number of nitrogens with one attached hydrogen (secondary N) is 1. The fourth-order valence-electron chi connectivity index (χ4n) is 2.07. The van der Waals surface area contributed by atoms with Gasteiger partial charge in [-0.15, -0.1) is 0 Å². The van der Waals surface area contributed by atoms with E-state index in [1.165, 1.54) is 24.5 Å². The fourth-order valence-corrected chi connectivity index (χ4v) is 2.63. The van der Waals surface area contributed by atoms with Gasteiger partial charge in [0.2, 0.25) is 5.82 Å². The van der Waals surface area contributed by atoms with Crippen molar-refractivity contribution < 1.29 is 14.4 Å². The Hall–Kier alpha value is -2.68. The van der Waals surface area contributed by atoms with Crippen LogP contribution in [0.1, 0.15) is 26.3 Å². The molecule has 1 aromatic carbocycles. The highest BCUT2D eigenvalue weighted by Crippen LogP contribution is 2.37. The van der Waals surface area contributed by atoms with Crippen LogP contribution in [0.2, 0.25) is 0 Å². The molecule has 8 nitrogen and oxygen atoms in total. The van der Waals surface area contributed by atoms with E-state index in [9.17, 15) is 10.1 Å². The largest absolute Gasteiger partial charge is 0.490 e. The molecular weight excluding hydrogens is 404 g/mol. The standard InChI is InChI=1S/C17H19BrN4O4/c1-4-25-15-9-12(8-13(18)16(15)26-11(2)3)10-20-21-17-14(22(23)24)6-5-7-19-17/h5-11H,4H2,1-3H3,(H,19,21)/b20-10-. The van der Waals surface area contributed by atoms with E-state index in [0.29, 0.717) is 18.1 Å². The SMILES string of the molecule is CCOc1cc(/C=N\Nc2ncccc2[N+](=O)[O-])cc(Br)c1OC(C)C. The summed E-state index contributed by atoms with van der Waals surface area (Å²) < 4.78 is 12.1. The van der Waals surface area contributed by atoms with Crippen molar-refractivity contribution in [2.45, 2.75) is 26.9 Å². The van der Waals surface area contributed by atoms with Gasteiger partial charge < -0.3 is 9.47 Å². The molecule has 0 fully saturated rings. The molecule has 1 heterocycles. The van der Waals surface area contributed by atoms with Crippen LogP contribution in [-0.2, 0) is 0 Å². The number of hydrogen-bond acceptors (Lipinski definition) is 7. The molecule has 0 unspecified atom stereocenters. The third-order valence-corrected chi connectivity index (χ3v) is 3.64. The number of pyridine rings is 1. The number of halogens is 1. The Bertz CT molecular complexity index is 811. The van der Waals surface area contributed by atoms with Gasteiger partial charge in [0.1, 0.15) is 0 Å². The summed E-state index contributed by atoms with van der Waals surface area (Å²) in [6.45, 7) is 6.23. The molecule has 26 heavy (non-hydrogen) atoms. The number of ether oxygens (including phenoxy) is 2. The third kappa shape index (κ3) is 5.16. The third-order valence-electron chi connectivity index (χ3n) is 3.05. The van der Waals surface area contributed by atoms with Crippen LogP contribution < -0.4 is 14.9 Å². The van der Waals surface area contributed by atoms with Crippen molar-refractivity contribution in [3.05, 3.63) is 50.6 Å². The maximum Gasteiger partial charge on any atom is 0.313 e. The summed E-state index contributed by atoms with van der Waals surface area (Å²) in [5.74, 6) is 1.27. The van der Waals surface area contributed by atoms with Gasteiger partial charge in [0.05, 0.1) is 28.3 Å². The summed E-state index contributed by atoms with van der Waals surface area (Å²) in [4.78, 5) is 14.4. The van der Waals surface area contributed by atoms with Crippen LogP contribution in [0.3, 0.4) is 0 Å². The summed E-state index contributed by atoms with van der Waals surface area (Å²) in [6.07, 6.45) is 2.97. The highest BCUT2D eigenvalue weighted by atomic mass is 79.9. The minimum atomic E-state index is -0.521. The summed E-state index contributed by atoms with van der Waals surface area (Å²) in [6, 6.07) is 6.45. The predicted molar refractivity (Wildman–Crippen MR) is 103 cm³/mol. The quantitative estimate of drug-likeness (QED) is 0.384. The fraction of sp³-hybridized carbons (Fsp3) is 0.294. The number of anilines is 1. The molecule has 0 saturated carbocycles. The molecule has 2 aromatic rings. The number of aromatic nitrogens is 1. The average molecular weight is 423 g/mol. The number of nitro groups is 1. The van der Waals surface area contributed by atoms with E-state index in [4.69, 9.17) is 9.47 Å². The van der Waals surface area contributed by atoms with Gasteiger partial charge in [0.15, 0.2) is 11.5 Å². The van der Waals surface area contributed by atoms with E-state index in [2.05, 4.69) is 31.4 Å². The summed E-state index contributed by atoms with van der Waals surface area (Å²) in [5.41, 5.74) is 3.16. The van der Waals surface area contributed by atoms with Crippen LogP contribution in [0.15, 0.2) is 40.0 Å². The Balaban J connectivity index is 2.24. The van der Waals surface area contributed by atoms with E-state index in [-0.39, 0.29) is 17.6 Å². The van der Waals surface area contributed by atoms with Gasteiger partial charge in [0.25, 0.3) is 0 Å². The van der Waals surface area contributed by atoms with Crippen molar-refractivity contribution >= 4 is 33.6 Å². The van der Waals surface area contributed by atoms with Crippen LogP contribution >= 0.6 is 15.9 Å². The second-order valence-corrected chi connectivity index (χ2v) is 6.28. The average Bonchev–Trinajstić information content (AvgIpc) is 2.58. The lowest BCUT2D eigenvalue weighted by Crippen LogP contribution is -2.08. The molecule has 138 valence electrons. The molecule has 0 radical (unpaired) electrons. The second-order valence-electron chi connectivity index (χ2n) is 5.43. The molecule has 2 rings (SSSR count). The molecule has 0 atom stereocenters. The Kier molecular flexibility index (Phi) is 6.90. The first-order valence-corrected chi connectivity index (χ1v) is 8.73. The molecule has 0 amide bonds. The maximum absolute atomic E-state index is 11.0. The molecule has 0 aliphatic carbocycles. The zero-order valence-electron chi connectivity index (χ0n) is 14.6. The van der Waals surface area contributed by atoms with Crippen LogP contribution in [-0.4, -0.2) is 28.8 Å². The Labute approximate surface area is 159 Å². The van der Waals surface area contributed by atoms with Crippen molar-refractivity contribution in [2.75, 3.05) is 12.0 Å². The Morgan fingerprint density at radius 1 is 1.46 bits per heavy atom. The van der Waals surface area contributed by atoms with E-state index in [0.717, 1.165) is 10.0 Å². The van der Waals surface area contributed by atoms with Gasteiger partial charge in [0, 0.05) is 12.3 Å². The molecule has 0 aliphatic rings. The smallest absolute Gasteiger partial charge is 0.313 e. The number of nitrogens with zero attached hydrogens (tertiary/aromatic N) is 3. The monoisotopic (exact) mass is 422 g/mol. The normalized spacial score (nSPS) is 11.0. The van der Waals surface area contributed by atoms with Crippen LogP contribution in [0.25, 0.3) is 0 Å². The van der Waals surface area contributed by atoms with Gasteiger partial charge in [-0.25, -0.2) is 4.98 Å². The Morgan fingerprint density at radius 3 is 2.88 bits per heavy atom. The topological polar surface area (TPSA) is 98.9 Å². The van der Waals surface area contributed by atoms with E-state index in [1.807, 2.05) is 26.8 Å². The zero-order valence-corrected chi connectivity index (χ0v) is 16.2. The molecule has 1 N–H and O–H groups in total. The lowest BCUT2D eigenvalue weighted by Gasteiger charge is -2.16. The van der Waals surface area contributed by atoms with Gasteiger partial charge in [-0.2, -0.15) is 5.10 Å². The summed E-state index contributed by atoms with van der Waals surface area (Å²) in [5, 5.41) is 15.0. The first kappa shape index (κ1) is 19.6. The first-order valence-electron chi connectivity index (χ1n) is 7.93. The number of rotatable bonds is 8. The first-order chi connectivity index (χ1) is 12.4. The van der Waals surface area contributed by atoms with E-state index < -0.39 is 4.92 Å². The molecule has 0 bridgehead atoms. The van der Waals surface area contributed by atoms with Crippen molar-refractivity contribution in [1.29, 1.82) is 0 Å². The highest BCUT2D eigenvalue weighted by Gasteiger charge is 2.14. The van der Waals surface area contributed by atoms with Crippen molar-refractivity contribution in [2.24, 2.45) is 5.10 Å². The van der Waals surface area contributed by atoms with Crippen molar-refractivity contribution in [3.8, 4) is 11.5 Å². The lowest BCUT2D eigenvalue weighted by atomic mass is 10.2. The van der Waals surface area contributed by atoms with Gasteiger partial charge in [-0.05, 0) is 60.5 Å². The summed E-state index contributed by atoms with van der Waals surface area (Å²) >= 11 is 3.48. The van der Waals surface area contributed by atoms with Crippen LogP contribution in [0, 0.1) is 10.1 Å². The molecule has 9 heteroatoms.